The maximum absolute atomic E-state index is 4.86. The van der Waals surface area contributed by atoms with Gasteiger partial charge in [-0.25, -0.2) is 0 Å². The maximum Gasteiger partial charge on any atom is 0.157 e. The molecule has 0 aromatic heterocycles. The lowest BCUT2D eigenvalue weighted by Gasteiger charge is -2.35. The smallest absolute Gasteiger partial charge is 0.157 e. The number of hydrogen-bond donors (Lipinski definition) is 1. The first kappa shape index (κ1) is 15.2. The summed E-state index contributed by atoms with van der Waals surface area (Å²) in [5, 5.41) is 4.94. The van der Waals surface area contributed by atoms with E-state index in [1.54, 1.807) is 0 Å². The van der Waals surface area contributed by atoms with E-state index in [9.17, 15) is 0 Å². The Morgan fingerprint density at radius 1 is 1.42 bits per heavy atom. The number of thioether (sulfide) groups is 1. The molecule has 1 unspecified atom stereocenters. The fraction of sp³-hybridized carbons (Fsp3) is 0.933. The van der Waals surface area contributed by atoms with Crippen LogP contribution in [0.5, 0.6) is 0 Å². The molecule has 1 saturated carbocycles. The Hall–Kier alpha value is -0.220. The van der Waals surface area contributed by atoms with E-state index in [0.29, 0.717) is 11.6 Å². The summed E-state index contributed by atoms with van der Waals surface area (Å²) in [5.41, 5.74) is 0.372. The van der Waals surface area contributed by atoms with Crippen LogP contribution in [0.1, 0.15) is 46.0 Å². The van der Waals surface area contributed by atoms with Crippen molar-refractivity contribution in [2.75, 3.05) is 26.4 Å². The first-order valence-corrected chi connectivity index (χ1v) is 8.61. The number of amidine groups is 1. The average molecular weight is 283 g/mol. The molecule has 4 heteroatoms. The summed E-state index contributed by atoms with van der Waals surface area (Å²) in [7, 11) is 4.25. The monoisotopic (exact) mass is 283 g/mol. The number of nitrogens with zero attached hydrogens (tertiary/aromatic N) is 2. The molecule has 0 bridgehead atoms. The van der Waals surface area contributed by atoms with Crippen molar-refractivity contribution in [1.29, 1.82) is 0 Å². The minimum Gasteiger partial charge on any atom is -0.359 e. The van der Waals surface area contributed by atoms with E-state index >= 15 is 0 Å². The van der Waals surface area contributed by atoms with Gasteiger partial charge < -0.3 is 10.2 Å². The molecule has 0 aromatic rings. The standard InChI is InChI=1S/C15H29N3S/c1-12-5-8-15(9-6-12)11-19-14(17-15)16-13(2)7-10-18(3)4/h12-13H,5-11H2,1-4H3,(H,16,17). The predicted octanol–water partition coefficient (Wildman–Crippen LogP) is 2.97. The zero-order valence-corrected chi connectivity index (χ0v) is 13.7. The fourth-order valence-electron chi connectivity index (χ4n) is 2.87. The van der Waals surface area contributed by atoms with Crippen LogP contribution >= 0.6 is 11.8 Å². The third kappa shape index (κ3) is 4.38. The Kier molecular flexibility index (Phi) is 5.18. The van der Waals surface area contributed by atoms with Crippen LogP contribution in [0, 0.1) is 5.92 Å². The van der Waals surface area contributed by atoms with E-state index in [2.05, 4.69) is 38.2 Å². The highest BCUT2D eigenvalue weighted by atomic mass is 32.2. The van der Waals surface area contributed by atoms with Gasteiger partial charge in [-0.05, 0) is 65.6 Å². The molecule has 1 N–H and O–H groups in total. The van der Waals surface area contributed by atoms with E-state index in [1.807, 2.05) is 11.8 Å². The van der Waals surface area contributed by atoms with Gasteiger partial charge in [-0.2, -0.15) is 0 Å². The molecular weight excluding hydrogens is 254 g/mol. The van der Waals surface area contributed by atoms with E-state index in [4.69, 9.17) is 4.99 Å². The second-order valence-electron chi connectivity index (χ2n) is 6.75. The predicted molar refractivity (Wildman–Crippen MR) is 86.0 cm³/mol. The molecule has 1 spiro atoms. The van der Waals surface area contributed by atoms with Crippen molar-refractivity contribution >= 4 is 16.9 Å². The lowest BCUT2D eigenvalue weighted by Crippen LogP contribution is -2.46. The molecule has 1 heterocycles. The second kappa shape index (κ2) is 6.49. The zero-order chi connectivity index (χ0) is 13.9. The van der Waals surface area contributed by atoms with Gasteiger partial charge in [0.25, 0.3) is 0 Å². The number of nitrogens with one attached hydrogen (secondary N) is 1. The Labute approximate surface area is 122 Å². The van der Waals surface area contributed by atoms with Crippen molar-refractivity contribution in [1.82, 2.24) is 10.2 Å². The first-order valence-electron chi connectivity index (χ1n) is 7.63. The summed E-state index contributed by atoms with van der Waals surface area (Å²) in [5.74, 6) is 2.14. The Morgan fingerprint density at radius 2 is 2.11 bits per heavy atom. The summed E-state index contributed by atoms with van der Waals surface area (Å²) in [6.45, 7) is 5.73. The average Bonchev–Trinajstić information content (AvgIpc) is 2.74. The van der Waals surface area contributed by atoms with Crippen LogP contribution in [0.3, 0.4) is 0 Å². The summed E-state index contributed by atoms with van der Waals surface area (Å²) in [6, 6.07) is 0.426. The summed E-state index contributed by atoms with van der Waals surface area (Å²) < 4.78 is 0. The van der Waals surface area contributed by atoms with Gasteiger partial charge >= 0.3 is 0 Å². The van der Waals surface area contributed by atoms with Crippen LogP contribution < -0.4 is 5.32 Å². The van der Waals surface area contributed by atoms with Crippen LogP contribution in [-0.4, -0.2) is 48.0 Å². The quantitative estimate of drug-likeness (QED) is 0.859. The fourth-order valence-corrected chi connectivity index (χ4v) is 4.19. The molecule has 19 heavy (non-hydrogen) atoms. The van der Waals surface area contributed by atoms with Crippen LogP contribution in [0.15, 0.2) is 4.99 Å². The van der Waals surface area contributed by atoms with E-state index in [0.717, 1.165) is 18.9 Å². The number of hydrogen-bond acceptors (Lipinski definition) is 3. The van der Waals surface area contributed by atoms with Gasteiger partial charge in [0.15, 0.2) is 5.17 Å². The van der Waals surface area contributed by atoms with Gasteiger partial charge in [-0.3, -0.25) is 4.99 Å². The highest BCUT2D eigenvalue weighted by Crippen LogP contribution is 2.38. The van der Waals surface area contributed by atoms with Crippen molar-refractivity contribution in [3.63, 3.8) is 0 Å². The molecule has 1 saturated heterocycles. The summed E-state index contributed by atoms with van der Waals surface area (Å²) in [6.07, 6.45) is 6.54. The van der Waals surface area contributed by atoms with Crippen LogP contribution in [0.2, 0.25) is 0 Å². The highest BCUT2D eigenvalue weighted by Gasteiger charge is 2.39. The van der Waals surface area contributed by atoms with Gasteiger partial charge in [0.1, 0.15) is 0 Å². The molecule has 2 rings (SSSR count). The van der Waals surface area contributed by atoms with E-state index in [-0.39, 0.29) is 0 Å². The van der Waals surface area contributed by atoms with Crippen LogP contribution in [0.4, 0.5) is 0 Å². The van der Waals surface area contributed by atoms with Gasteiger partial charge in [0, 0.05) is 11.3 Å². The molecule has 1 aliphatic carbocycles. The topological polar surface area (TPSA) is 27.6 Å². The molecular formula is C15H29N3S. The largest absolute Gasteiger partial charge is 0.359 e. The Bertz CT molecular complexity index is 319. The first-order chi connectivity index (χ1) is 8.99. The third-order valence-corrected chi connectivity index (χ3v) is 5.60. The molecule has 3 nitrogen and oxygen atoms in total. The van der Waals surface area contributed by atoms with E-state index < -0.39 is 0 Å². The molecule has 2 aliphatic rings. The zero-order valence-electron chi connectivity index (χ0n) is 12.9. The SMILES string of the molecule is CC1CCC2(CC1)CSC(=NC(C)CCN(C)C)N2. The minimum atomic E-state index is 0.372. The van der Waals surface area contributed by atoms with Crippen molar-refractivity contribution in [3.8, 4) is 0 Å². The number of aliphatic imine (C=N–C) groups is 1. The molecule has 110 valence electrons. The molecule has 0 amide bonds. The van der Waals surface area contributed by atoms with Crippen molar-refractivity contribution in [3.05, 3.63) is 0 Å². The van der Waals surface area contributed by atoms with E-state index in [1.165, 1.54) is 36.6 Å². The van der Waals surface area contributed by atoms with Crippen molar-refractivity contribution in [2.45, 2.75) is 57.5 Å². The van der Waals surface area contributed by atoms with Gasteiger partial charge in [-0.15, -0.1) is 0 Å². The Morgan fingerprint density at radius 3 is 2.74 bits per heavy atom. The number of rotatable bonds is 4. The van der Waals surface area contributed by atoms with Gasteiger partial charge in [0.2, 0.25) is 0 Å². The molecule has 0 radical (unpaired) electrons. The maximum atomic E-state index is 4.86. The highest BCUT2D eigenvalue weighted by molar-refractivity contribution is 8.14. The lowest BCUT2D eigenvalue weighted by atomic mass is 9.78. The van der Waals surface area contributed by atoms with Gasteiger partial charge in [-0.1, -0.05) is 18.7 Å². The molecule has 1 aliphatic heterocycles. The second-order valence-corrected chi connectivity index (χ2v) is 7.72. The summed E-state index contributed by atoms with van der Waals surface area (Å²) in [4.78, 5) is 7.09. The van der Waals surface area contributed by atoms with Crippen molar-refractivity contribution < 1.29 is 0 Å². The molecule has 2 fully saturated rings. The lowest BCUT2D eigenvalue weighted by molar-refractivity contribution is 0.250. The van der Waals surface area contributed by atoms with Gasteiger partial charge in [0.05, 0.1) is 6.04 Å². The normalized spacial score (nSPS) is 35.0. The van der Waals surface area contributed by atoms with Crippen LogP contribution in [-0.2, 0) is 0 Å². The summed E-state index contributed by atoms with van der Waals surface area (Å²) >= 11 is 1.94. The Balaban J connectivity index is 1.83. The minimum absolute atomic E-state index is 0.372. The van der Waals surface area contributed by atoms with Crippen molar-refractivity contribution in [2.24, 2.45) is 10.9 Å². The van der Waals surface area contributed by atoms with Crippen LogP contribution in [0.25, 0.3) is 0 Å². The third-order valence-electron chi connectivity index (χ3n) is 4.42. The molecule has 0 aromatic carbocycles. The molecule has 1 atom stereocenters.